The van der Waals surface area contributed by atoms with Gasteiger partial charge in [-0.3, -0.25) is 0 Å². The molecule has 1 heterocycles. The molecule has 0 spiro atoms. The first-order valence-corrected chi connectivity index (χ1v) is 6.70. The molecule has 1 N–H and O–H groups in total. The molecular formula is C13H26N2O. The predicted octanol–water partition coefficient (Wildman–Crippen LogP) is 1.03. The first-order chi connectivity index (χ1) is 7.65. The standard InChI is InChI=1S/C13H26N2O/c1-14-7-6-11(8-14)9-15(2)10-12-4-3-5-13(12)16/h11-13,16H,3-10H2,1-2H3. The third-order valence-corrected chi connectivity index (χ3v) is 4.22. The zero-order chi connectivity index (χ0) is 11.5. The summed E-state index contributed by atoms with van der Waals surface area (Å²) in [6.07, 6.45) is 4.76. The van der Waals surface area contributed by atoms with Crippen molar-refractivity contribution < 1.29 is 5.11 Å². The molecule has 0 aromatic heterocycles. The van der Waals surface area contributed by atoms with Crippen LogP contribution in [0, 0.1) is 11.8 Å². The van der Waals surface area contributed by atoms with Gasteiger partial charge >= 0.3 is 0 Å². The van der Waals surface area contributed by atoms with E-state index >= 15 is 0 Å². The van der Waals surface area contributed by atoms with Crippen molar-refractivity contribution in [3.05, 3.63) is 0 Å². The molecule has 3 nitrogen and oxygen atoms in total. The summed E-state index contributed by atoms with van der Waals surface area (Å²) in [4.78, 5) is 4.85. The maximum atomic E-state index is 9.81. The molecule has 0 aromatic rings. The van der Waals surface area contributed by atoms with E-state index < -0.39 is 0 Å². The van der Waals surface area contributed by atoms with Crippen LogP contribution in [0.15, 0.2) is 0 Å². The van der Waals surface area contributed by atoms with Gasteiger partial charge in [0.05, 0.1) is 6.10 Å². The lowest BCUT2D eigenvalue weighted by atomic mass is 10.0. The minimum Gasteiger partial charge on any atom is -0.393 e. The van der Waals surface area contributed by atoms with E-state index in [-0.39, 0.29) is 6.10 Å². The van der Waals surface area contributed by atoms with Gasteiger partial charge in [-0.2, -0.15) is 0 Å². The molecule has 0 aromatic carbocycles. The van der Waals surface area contributed by atoms with Crippen LogP contribution in [0.5, 0.6) is 0 Å². The normalized spacial score (nSPS) is 36.4. The van der Waals surface area contributed by atoms with Crippen molar-refractivity contribution in [3.8, 4) is 0 Å². The van der Waals surface area contributed by atoms with Gasteiger partial charge in [0.15, 0.2) is 0 Å². The third kappa shape index (κ3) is 3.19. The molecule has 2 fully saturated rings. The fourth-order valence-electron chi connectivity index (χ4n) is 3.32. The Morgan fingerprint density at radius 2 is 2.06 bits per heavy atom. The Bertz CT molecular complexity index is 222. The van der Waals surface area contributed by atoms with Crippen molar-refractivity contribution in [1.29, 1.82) is 0 Å². The van der Waals surface area contributed by atoms with Gasteiger partial charge < -0.3 is 14.9 Å². The Morgan fingerprint density at radius 1 is 1.25 bits per heavy atom. The molecule has 0 bridgehead atoms. The van der Waals surface area contributed by atoms with Crippen LogP contribution >= 0.6 is 0 Å². The molecule has 3 atom stereocenters. The van der Waals surface area contributed by atoms with Gasteiger partial charge in [0, 0.05) is 19.6 Å². The van der Waals surface area contributed by atoms with Crippen molar-refractivity contribution in [3.63, 3.8) is 0 Å². The highest BCUT2D eigenvalue weighted by atomic mass is 16.3. The van der Waals surface area contributed by atoms with E-state index in [1.165, 1.54) is 38.9 Å². The zero-order valence-electron chi connectivity index (χ0n) is 10.7. The number of hydrogen-bond donors (Lipinski definition) is 1. The zero-order valence-corrected chi connectivity index (χ0v) is 10.7. The van der Waals surface area contributed by atoms with Crippen LogP contribution in [0.3, 0.4) is 0 Å². The van der Waals surface area contributed by atoms with Gasteiger partial charge in [0.25, 0.3) is 0 Å². The molecule has 3 heteroatoms. The van der Waals surface area contributed by atoms with E-state index in [4.69, 9.17) is 0 Å². The summed E-state index contributed by atoms with van der Waals surface area (Å²) in [5, 5.41) is 9.81. The number of aliphatic hydroxyl groups is 1. The Balaban J connectivity index is 1.69. The highest BCUT2D eigenvalue weighted by Gasteiger charge is 2.27. The van der Waals surface area contributed by atoms with E-state index in [1.807, 2.05) is 0 Å². The Labute approximate surface area is 99.4 Å². The van der Waals surface area contributed by atoms with Gasteiger partial charge in [-0.25, -0.2) is 0 Å². The third-order valence-electron chi connectivity index (χ3n) is 4.22. The van der Waals surface area contributed by atoms with Crippen LogP contribution in [0.25, 0.3) is 0 Å². The number of hydrogen-bond acceptors (Lipinski definition) is 3. The lowest BCUT2D eigenvalue weighted by Crippen LogP contribution is -2.34. The van der Waals surface area contributed by atoms with Crippen LogP contribution in [0.4, 0.5) is 0 Å². The number of nitrogens with zero attached hydrogens (tertiary/aromatic N) is 2. The van der Waals surface area contributed by atoms with E-state index in [2.05, 4.69) is 23.9 Å². The van der Waals surface area contributed by atoms with Gasteiger partial charge in [0.2, 0.25) is 0 Å². The fourth-order valence-corrected chi connectivity index (χ4v) is 3.32. The van der Waals surface area contributed by atoms with Gasteiger partial charge in [-0.05, 0) is 51.7 Å². The molecule has 1 aliphatic heterocycles. The number of rotatable bonds is 4. The first-order valence-electron chi connectivity index (χ1n) is 6.70. The van der Waals surface area contributed by atoms with Crippen LogP contribution in [-0.4, -0.2) is 61.3 Å². The second kappa shape index (κ2) is 5.48. The molecule has 0 radical (unpaired) electrons. The highest BCUT2D eigenvalue weighted by molar-refractivity contribution is 4.81. The molecule has 16 heavy (non-hydrogen) atoms. The summed E-state index contributed by atoms with van der Waals surface area (Å²) in [7, 11) is 4.42. The Morgan fingerprint density at radius 3 is 2.62 bits per heavy atom. The summed E-state index contributed by atoms with van der Waals surface area (Å²) in [5.41, 5.74) is 0. The minimum absolute atomic E-state index is 0.0336. The van der Waals surface area contributed by atoms with Crippen molar-refractivity contribution in [1.82, 2.24) is 9.80 Å². The van der Waals surface area contributed by atoms with Crippen molar-refractivity contribution in [2.45, 2.75) is 31.8 Å². The van der Waals surface area contributed by atoms with E-state index in [1.54, 1.807) is 0 Å². The maximum absolute atomic E-state index is 9.81. The van der Waals surface area contributed by atoms with Crippen LogP contribution in [0.1, 0.15) is 25.7 Å². The maximum Gasteiger partial charge on any atom is 0.0580 e. The molecule has 2 rings (SSSR count). The first kappa shape index (κ1) is 12.3. The Kier molecular flexibility index (Phi) is 4.22. The van der Waals surface area contributed by atoms with Crippen LogP contribution in [0.2, 0.25) is 0 Å². The molecule has 1 aliphatic carbocycles. The predicted molar refractivity (Wildman–Crippen MR) is 66.4 cm³/mol. The summed E-state index contributed by atoms with van der Waals surface area (Å²) in [6, 6.07) is 0. The van der Waals surface area contributed by atoms with Crippen molar-refractivity contribution in [2.75, 3.05) is 40.3 Å². The lowest BCUT2D eigenvalue weighted by Gasteiger charge is -2.25. The smallest absolute Gasteiger partial charge is 0.0580 e. The SMILES string of the molecule is CN1CCC(CN(C)CC2CCCC2O)C1. The van der Waals surface area contributed by atoms with E-state index in [0.717, 1.165) is 18.9 Å². The van der Waals surface area contributed by atoms with Crippen LogP contribution < -0.4 is 0 Å². The molecular weight excluding hydrogens is 200 g/mol. The largest absolute Gasteiger partial charge is 0.393 e. The minimum atomic E-state index is -0.0336. The second-order valence-corrected chi connectivity index (χ2v) is 5.90. The van der Waals surface area contributed by atoms with Crippen molar-refractivity contribution >= 4 is 0 Å². The fraction of sp³-hybridized carbons (Fsp3) is 1.00. The average Bonchev–Trinajstić information content (AvgIpc) is 2.77. The monoisotopic (exact) mass is 226 g/mol. The van der Waals surface area contributed by atoms with E-state index in [9.17, 15) is 5.11 Å². The lowest BCUT2D eigenvalue weighted by molar-refractivity contribution is 0.105. The number of likely N-dealkylation sites (tertiary alicyclic amines) is 1. The second-order valence-electron chi connectivity index (χ2n) is 5.90. The van der Waals surface area contributed by atoms with Crippen molar-refractivity contribution in [2.24, 2.45) is 11.8 Å². The summed E-state index contributed by atoms with van der Waals surface area (Å²) in [5.74, 6) is 1.37. The Hall–Kier alpha value is -0.120. The molecule has 1 saturated heterocycles. The van der Waals surface area contributed by atoms with Gasteiger partial charge in [0.1, 0.15) is 0 Å². The molecule has 2 aliphatic rings. The van der Waals surface area contributed by atoms with E-state index in [0.29, 0.717) is 5.92 Å². The summed E-state index contributed by atoms with van der Waals surface area (Å²) >= 11 is 0. The summed E-state index contributed by atoms with van der Waals surface area (Å²) < 4.78 is 0. The average molecular weight is 226 g/mol. The highest BCUT2D eigenvalue weighted by Crippen LogP contribution is 2.26. The molecule has 3 unspecified atom stereocenters. The molecule has 1 saturated carbocycles. The quantitative estimate of drug-likeness (QED) is 0.775. The van der Waals surface area contributed by atoms with Gasteiger partial charge in [-0.1, -0.05) is 6.42 Å². The molecule has 94 valence electrons. The number of aliphatic hydroxyl groups excluding tert-OH is 1. The van der Waals surface area contributed by atoms with Gasteiger partial charge in [-0.15, -0.1) is 0 Å². The molecule has 0 amide bonds. The van der Waals surface area contributed by atoms with Crippen LogP contribution in [-0.2, 0) is 0 Å². The topological polar surface area (TPSA) is 26.7 Å². The summed E-state index contributed by atoms with van der Waals surface area (Å²) in [6.45, 7) is 4.79.